The van der Waals surface area contributed by atoms with Gasteiger partial charge in [0.15, 0.2) is 0 Å². The summed E-state index contributed by atoms with van der Waals surface area (Å²) >= 11 is 0. The molecule has 0 heterocycles. The summed E-state index contributed by atoms with van der Waals surface area (Å²) in [7, 11) is 0. The quantitative estimate of drug-likeness (QED) is 0.453. The first-order valence-electron chi connectivity index (χ1n) is 6.59. The summed E-state index contributed by atoms with van der Waals surface area (Å²) in [5.74, 6) is 0.127. The average molecular weight is 260 g/mol. The fraction of sp³-hybridized carbons (Fsp3) is 0.471. The van der Waals surface area contributed by atoms with Gasteiger partial charge in [0, 0.05) is 6.08 Å². The zero-order valence-corrected chi connectivity index (χ0v) is 12.6. The van der Waals surface area contributed by atoms with E-state index >= 15 is 0 Å². The first-order valence-corrected chi connectivity index (χ1v) is 6.59. The van der Waals surface area contributed by atoms with Crippen LogP contribution < -0.4 is 4.74 Å². The van der Waals surface area contributed by atoms with Gasteiger partial charge < -0.3 is 4.74 Å². The number of ether oxygens (including phenoxy) is 1. The van der Waals surface area contributed by atoms with Crippen LogP contribution in [0.5, 0.6) is 5.75 Å². The van der Waals surface area contributed by atoms with Gasteiger partial charge in [-0.2, -0.15) is 0 Å². The van der Waals surface area contributed by atoms with Crippen LogP contribution in [0, 0.1) is 5.41 Å². The molecule has 0 aromatic heterocycles. The van der Waals surface area contributed by atoms with Crippen molar-refractivity contribution in [3.8, 4) is 5.75 Å². The lowest BCUT2D eigenvalue weighted by Gasteiger charge is -2.33. The van der Waals surface area contributed by atoms with Crippen molar-refractivity contribution < 1.29 is 9.53 Å². The molecular weight excluding hydrogens is 236 g/mol. The number of esters is 1. The number of carbonyl (C=O) groups excluding carboxylic acids is 1. The van der Waals surface area contributed by atoms with Crippen LogP contribution in [0.25, 0.3) is 0 Å². The van der Waals surface area contributed by atoms with E-state index in [1.807, 2.05) is 24.3 Å². The molecule has 0 radical (unpaired) electrons. The summed E-state index contributed by atoms with van der Waals surface area (Å²) in [4.78, 5) is 11.1. The Bertz CT molecular complexity index is 447. The third-order valence-corrected chi connectivity index (χ3v) is 2.99. The van der Waals surface area contributed by atoms with Crippen molar-refractivity contribution in [1.29, 1.82) is 0 Å². The Morgan fingerprint density at radius 2 is 1.68 bits per heavy atom. The number of hydrogen-bond donors (Lipinski definition) is 0. The van der Waals surface area contributed by atoms with E-state index in [4.69, 9.17) is 4.74 Å². The summed E-state index contributed by atoms with van der Waals surface area (Å²) in [6.45, 7) is 14.6. The molecule has 1 rings (SSSR count). The molecule has 0 aliphatic carbocycles. The molecule has 0 spiro atoms. The van der Waals surface area contributed by atoms with Gasteiger partial charge in [0.1, 0.15) is 5.75 Å². The van der Waals surface area contributed by atoms with E-state index in [9.17, 15) is 4.79 Å². The first kappa shape index (κ1) is 15.5. The van der Waals surface area contributed by atoms with Crippen LogP contribution in [0.1, 0.15) is 46.6 Å². The first-order chi connectivity index (χ1) is 8.64. The lowest BCUT2D eigenvalue weighted by Crippen LogP contribution is -2.24. The maximum absolute atomic E-state index is 11.1. The lowest BCUT2D eigenvalue weighted by atomic mass is 9.72. The molecular formula is C17H24O2. The Morgan fingerprint density at radius 3 is 2.11 bits per heavy atom. The average Bonchev–Trinajstić information content (AvgIpc) is 2.26. The molecule has 104 valence electrons. The molecule has 2 heteroatoms. The zero-order chi connectivity index (χ0) is 14.7. The monoisotopic (exact) mass is 260 g/mol. The predicted octanol–water partition coefficient (Wildman–Crippen LogP) is 4.49. The highest BCUT2D eigenvalue weighted by atomic mass is 16.5. The van der Waals surface area contributed by atoms with Gasteiger partial charge in [0.2, 0.25) is 0 Å². The van der Waals surface area contributed by atoms with Crippen LogP contribution in [-0.4, -0.2) is 5.97 Å². The molecule has 0 N–H and O–H groups in total. The molecule has 0 bridgehead atoms. The molecule has 0 aliphatic rings. The minimum atomic E-state index is -0.429. The molecule has 19 heavy (non-hydrogen) atoms. The molecule has 0 unspecified atom stereocenters. The molecule has 2 nitrogen and oxygen atoms in total. The van der Waals surface area contributed by atoms with E-state index in [-0.39, 0.29) is 10.8 Å². The highest BCUT2D eigenvalue weighted by Gasteiger charge is 2.27. The second-order valence-electron chi connectivity index (χ2n) is 6.77. The van der Waals surface area contributed by atoms with E-state index in [0.29, 0.717) is 5.75 Å². The van der Waals surface area contributed by atoms with Gasteiger partial charge >= 0.3 is 5.97 Å². The Hall–Kier alpha value is -1.57. The molecule has 0 saturated heterocycles. The topological polar surface area (TPSA) is 26.3 Å². The van der Waals surface area contributed by atoms with E-state index in [1.54, 1.807) is 0 Å². The number of hydrogen-bond acceptors (Lipinski definition) is 2. The Labute approximate surface area is 116 Å². The van der Waals surface area contributed by atoms with Crippen LogP contribution in [0.4, 0.5) is 0 Å². The van der Waals surface area contributed by atoms with Crippen molar-refractivity contribution in [1.82, 2.24) is 0 Å². The van der Waals surface area contributed by atoms with E-state index in [0.717, 1.165) is 12.5 Å². The largest absolute Gasteiger partial charge is 0.423 e. The van der Waals surface area contributed by atoms with Crippen molar-refractivity contribution in [2.24, 2.45) is 5.41 Å². The molecule has 1 aromatic carbocycles. The smallest absolute Gasteiger partial charge is 0.335 e. The minimum Gasteiger partial charge on any atom is -0.423 e. The van der Waals surface area contributed by atoms with Gasteiger partial charge in [-0.15, -0.1) is 0 Å². The molecule has 0 saturated carbocycles. The van der Waals surface area contributed by atoms with Crippen LogP contribution >= 0.6 is 0 Å². The third-order valence-electron chi connectivity index (χ3n) is 2.99. The zero-order valence-electron chi connectivity index (χ0n) is 12.6. The summed E-state index contributed by atoms with van der Waals surface area (Å²) in [6.07, 6.45) is 2.25. The second kappa shape index (κ2) is 5.60. The number of carbonyl (C=O) groups is 1. The molecule has 0 aliphatic heterocycles. The number of rotatable bonds is 4. The van der Waals surface area contributed by atoms with E-state index in [2.05, 4.69) is 41.2 Å². The van der Waals surface area contributed by atoms with Crippen molar-refractivity contribution in [3.63, 3.8) is 0 Å². The number of benzene rings is 1. The summed E-state index contributed by atoms with van der Waals surface area (Å²) in [6, 6.07) is 7.72. The molecule has 0 fully saturated rings. The van der Waals surface area contributed by atoms with Gasteiger partial charge in [0.25, 0.3) is 0 Å². The predicted molar refractivity (Wildman–Crippen MR) is 79.4 cm³/mol. The fourth-order valence-corrected chi connectivity index (χ4v) is 2.56. The standard InChI is InChI=1S/C17H24O2/c1-7-15(18)19-14-10-8-13(9-11-14)17(5,6)12-16(2,3)4/h7-11H,1,12H2,2-6H3. The summed E-state index contributed by atoms with van der Waals surface area (Å²) in [5, 5.41) is 0. The van der Waals surface area contributed by atoms with Gasteiger partial charge in [-0.05, 0) is 34.9 Å². The normalized spacial score (nSPS) is 12.1. The van der Waals surface area contributed by atoms with Crippen molar-refractivity contribution >= 4 is 5.97 Å². The lowest BCUT2D eigenvalue weighted by molar-refractivity contribution is -0.128. The highest BCUT2D eigenvalue weighted by molar-refractivity contribution is 5.83. The Balaban J connectivity index is 2.86. The Kier molecular flexibility index (Phi) is 4.56. The Morgan fingerprint density at radius 1 is 1.16 bits per heavy atom. The van der Waals surface area contributed by atoms with Crippen molar-refractivity contribution in [2.45, 2.75) is 46.5 Å². The maximum Gasteiger partial charge on any atom is 0.335 e. The van der Waals surface area contributed by atoms with Crippen LogP contribution in [-0.2, 0) is 10.2 Å². The van der Waals surface area contributed by atoms with Crippen molar-refractivity contribution in [2.75, 3.05) is 0 Å². The maximum atomic E-state index is 11.1. The van der Waals surface area contributed by atoms with E-state index < -0.39 is 5.97 Å². The second-order valence-corrected chi connectivity index (χ2v) is 6.77. The minimum absolute atomic E-state index is 0.0965. The summed E-state index contributed by atoms with van der Waals surface area (Å²) < 4.78 is 5.08. The molecule has 0 amide bonds. The van der Waals surface area contributed by atoms with Crippen LogP contribution in [0.3, 0.4) is 0 Å². The SMILES string of the molecule is C=CC(=O)Oc1ccc(C(C)(C)CC(C)(C)C)cc1. The third kappa shape index (κ3) is 4.90. The van der Waals surface area contributed by atoms with Gasteiger partial charge in [-0.25, -0.2) is 4.79 Å². The van der Waals surface area contributed by atoms with Crippen LogP contribution in [0.15, 0.2) is 36.9 Å². The molecule has 1 aromatic rings. The fourth-order valence-electron chi connectivity index (χ4n) is 2.56. The summed E-state index contributed by atoms with van der Waals surface area (Å²) in [5.41, 5.74) is 1.62. The van der Waals surface area contributed by atoms with Gasteiger partial charge in [0.05, 0.1) is 0 Å². The van der Waals surface area contributed by atoms with Crippen LogP contribution in [0.2, 0.25) is 0 Å². The van der Waals surface area contributed by atoms with E-state index in [1.165, 1.54) is 5.56 Å². The molecule has 0 atom stereocenters. The highest BCUT2D eigenvalue weighted by Crippen LogP contribution is 2.36. The van der Waals surface area contributed by atoms with Gasteiger partial charge in [-0.1, -0.05) is 53.3 Å². The van der Waals surface area contributed by atoms with Gasteiger partial charge in [-0.3, -0.25) is 0 Å². The van der Waals surface area contributed by atoms with Crippen molar-refractivity contribution in [3.05, 3.63) is 42.5 Å².